The van der Waals surface area contributed by atoms with Gasteiger partial charge in [0.05, 0.1) is 17.7 Å². The number of amides is 1. The summed E-state index contributed by atoms with van der Waals surface area (Å²) in [5, 5.41) is 3.91. The van der Waals surface area contributed by atoms with Crippen LogP contribution in [0.4, 0.5) is 0 Å². The summed E-state index contributed by atoms with van der Waals surface area (Å²) >= 11 is 6.08. The molecule has 120 valence electrons. The minimum absolute atomic E-state index is 0.147. The molecule has 5 nitrogen and oxygen atoms in total. The van der Waals surface area contributed by atoms with Crippen LogP contribution in [-0.2, 0) is 22.4 Å². The molecule has 3 rings (SSSR count). The van der Waals surface area contributed by atoms with Gasteiger partial charge in [-0.25, -0.2) is 0 Å². The number of nitrogens with zero attached hydrogens (tertiary/aromatic N) is 1. The van der Waals surface area contributed by atoms with Crippen molar-refractivity contribution in [3.63, 3.8) is 0 Å². The number of rotatable bonds is 4. The second-order valence-corrected chi connectivity index (χ2v) is 5.85. The summed E-state index contributed by atoms with van der Waals surface area (Å²) in [7, 11) is 0. The molecule has 0 saturated heterocycles. The Labute approximate surface area is 139 Å². The van der Waals surface area contributed by atoms with Gasteiger partial charge in [0.2, 0.25) is 0 Å². The van der Waals surface area contributed by atoms with Crippen LogP contribution in [-0.4, -0.2) is 30.0 Å². The molecular weight excluding hydrogens is 316 g/mol. The zero-order valence-corrected chi connectivity index (χ0v) is 13.6. The van der Waals surface area contributed by atoms with Gasteiger partial charge in [-0.05, 0) is 49.9 Å². The molecule has 2 aromatic rings. The number of esters is 1. The summed E-state index contributed by atoms with van der Waals surface area (Å²) in [4.78, 5) is 28.7. The number of fused-ring (bicyclic) bond motifs is 2. The average molecular weight is 333 g/mol. The first-order valence-corrected chi connectivity index (χ1v) is 8.02. The Balaban J connectivity index is 1.99. The smallest absolute Gasteiger partial charge is 0.325 e. The van der Waals surface area contributed by atoms with Gasteiger partial charge >= 0.3 is 5.97 Å². The van der Waals surface area contributed by atoms with Crippen molar-refractivity contribution in [1.29, 1.82) is 0 Å². The van der Waals surface area contributed by atoms with Crippen molar-refractivity contribution in [2.24, 2.45) is 0 Å². The number of carbonyl (C=O) groups is 2. The van der Waals surface area contributed by atoms with Gasteiger partial charge in [-0.2, -0.15) is 0 Å². The molecule has 0 aliphatic heterocycles. The Morgan fingerprint density at radius 1 is 1.35 bits per heavy atom. The summed E-state index contributed by atoms with van der Waals surface area (Å²) in [5.74, 6) is -0.736. The number of pyridine rings is 1. The number of nitrogens with one attached hydrogen (secondary N) is 1. The SMILES string of the molecule is CCOC(=O)CNC(=O)c1c2c(nc3ccc(Cl)cc13)CCC2. The third-order valence-corrected chi connectivity index (χ3v) is 4.13. The molecule has 1 aliphatic carbocycles. The van der Waals surface area contributed by atoms with Crippen molar-refractivity contribution in [2.75, 3.05) is 13.2 Å². The van der Waals surface area contributed by atoms with Gasteiger partial charge in [-0.3, -0.25) is 14.6 Å². The molecule has 1 aliphatic rings. The molecule has 0 atom stereocenters. The number of hydrogen-bond donors (Lipinski definition) is 1. The lowest BCUT2D eigenvalue weighted by molar-refractivity contribution is -0.141. The van der Waals surface area contributed by atoms with Gasteiger partial charge < -0.3 is 10.1 Å². The van der Waals surface area contributed by atoms with Crippen LogP contribution < -0.4 is 5.32 Å². The number of ether oxygens (including phenoxy) is 1. The lowest BCUT2D eigenvalue weighted by Crippen LogP contribution is -2.31. The van der Waals surface area contributed by atoms with Crippen LogP contribution in [0, 0.1) is 0 Å². The molecule has 1 aromatic heterocycles. The molecule has 0 spiro atoms. The number of benzene rings is 1. The van der Waals surface area contributed by atoms with Gasteiger partial charge in [0.25, 0.3) is 5.91 Å². The number of aryl methyl sites for hydroxylation is 1. The van der Waals surface area contributed by atoms with Crippen molar-refractivity contribution in [1.82, 2.24) is 10.3 Å². The fourth-order valence-corrected chi connectivity index (χ4v) is 3.12. The maximum absolute atomic E-state index is 12.6. The predicted octanol–water partition coefficient (Wildman–Crippen LogP) is 2.67. The zero-order valence-electron chi connectivity index (χ0n) is 12.8. The molecule has 0 bridgehead atoms. The molecule has 1 amide bonds. The number of aromatic nitrogens is 1. The average Bonchev–Trinajstić information content (AvgIpc) is 2.98. The molecular formula is C17H17ClN2O3. The lowest BCUT2D eigenvalue weighted by atomic mass is 10.0. The summed E-state index contributed by atoms with van der Waals surface area (Å²) in [6, 6.07) is 5.33. The number of hydrogen-bond acceptors (Lipinski definition) is 4. The van der Waals surface area contributed by atoms with E-state index < -0.39 is 5.97 Å². The summed E-state index contributed by atoms with van der Waals surface area (Å²) in [6.45, 7) is 1.87. The van der Waals surface area contributed by atoms with Crippen LogP contribution in [0.2, 0.25) is 5.02 Å². The highest BCUT2D eigenvalue weighted by Gasteiger charge is 2.24. The van der Waals surface area contributed by atoms with E-state index in [1.54, 1.807) is 19.1 Å². The second kappa shape index (κ2) is 6.54. The minimum atomic E-state index is -0.450. The summed E-state index contributed by atoms with van der Waals surface area (Å²) in [6.07, 6.45) is 2.66. The summed E-state index contributed by atoms with van der Waals surface area (Å²) in [5.41, 5.74) is 3.24. The quantitative estimate of drug-likeness (QED) is 0.874. The van der Waals surface area contributed by atoms with E-state index in [2.05, 4.69) is 10.3 Å². The second-order valence-electron chi connectivity index (χ2n) is 5.41. The molecule has 0 unspecified atom stereocenters. The lowest BCUT2D eigenvalue weighted by Gasteiger charge is -2.12. The molecule has 0 saturated carbocycles. The molecule has 0 fully saturated rings. The molecule has 0 radical (unpaired) electrons. The van der Waals surface area contributed by atoms with E-state index >= 15 is 0 Å². The standard InChI is InChI=1S/C17H17ClN2O3/c1-2-23-15(21)9-19-17(22)16-11-4-3-5-13(11)20-14-7-6-10(18)8-12(14)16/h6-8H,2-5,9H2,1H3,(H,19,22). The number of carbonyl (C=O) groups excluding carboxylic acids is 2. The Morgan fingerprint density at radius 3 is 2.96 bits per heavy atom. The molecule has 6 heteroatoms. The third-order valence-electron chi connectivity index (χ3n) is 3.90. The van der Waals surface area contributed by atoms with Crippen LogP contribution >= 0.6 is 11.6 Å². The fourth-order valence-electron chi connectivity index (χ4n) is 2.95. The molecule has 23 heavy (non-hydrogen) atoms. The van der Waals surface area contributed by atoms with Crippen molar-refractivity contribution in [3.8, 4) is 0 Å². The predicted molar refractivity (Wildman–Crippen MR) is 87.7 cm³/mol. The van der Waals surface area contributed by atoms with Gasteiger partial charge in [0.1, 0.15) is 6.54 Å². The largest absolute Gasteiger partial charge is 0.465 e. The molecule has 1 heterocycles. The van der Waals surface area contributed by atoms with E-state index in [9.17, 15) is 9.59 Å². The number of halogens is 1. The first-order valence-electron chi connectivity index (χ1n) is 7.65. The van der Waals surface area contributed by atoms with Crippen LogP contribution in [0.25, 0.3) is 10.9 Å². The van der Waals surface area contributed by atoms with Crippen LogP contribution in [0.15, 0.2) is 18.2 Å². The normalized spacial score (nSPS) is 13.0. The maximum atomic E-state index is 12.6. The van der Waals surface area contributed by atoms with Crippen LogP contribution in [0.3, 0.4) is 0 Å². The van der Waals surface area contributed by atoms with Gasteiger partial charge in [0, 0.05) is 16.1 Å². The van der Waals surface area contributed by atoms with Gasteiger partial charge in [-0.1, -0.05) is 11.6 Å². The zero-order chi connectivity index (χ0) is 16.4. The third kappa shape index (κ3) is 3.15. The molecule has 1 N–H and O–H groups in total. The van der Waals surface area contributed by atoms with Crippen LogP contribution in [0.1, 0.15) is 35.0 Å². The van der Waals surface area contributed by atoms with Gasteiger partial charge in [-0.15, -0.1) is 0 Å². The topological polar surface area (TPSA) is 68.3 Å². The highest BCUT2D eigenvalue weighted by Crippen LogP contribution is 2.31. The Hall–Kier alpha value is -2.14. The van der Waals surface area contributed by atoms with E-state index in [1.807, 2.05) is 6.07 Å². The first-order chi connectivity index (χ1) is 11.1. The highest BCUT2D eigenvalue weighted by atomic mass is 35.5. The monoisotopic (exact) mass is 332 g/mol. The van der Waals surface area contributed by atoms with Crippen molar-refractivity contribution < 1.29 is 14.3 Å². The van der Waals surface area contributed by atoms with E-state index in [0.29, 0.717) is 10.6 Å². The summed E-state index contributed by atoms with van der Waals surface area (Å²) < 4.78 is 4.84. The van der Waals surface area contributed by atoms with E-state index in [4.69, 9.17) is 16.3 Å². The van der Waals surface area contributed by atoms with E-state index in [1.165, 1.54) is 0 Å². The van der Waals surface area contributed by atoms with Gasteiger partial charge in [0.15, 0.2) is 0 Å². The van der Waals surface area contributed by atoms with E-state index in [0.717, 1.165) is 41.4 Å². The first kappa shape index (κ1) is 15.7. The van der Waals surface area contributed by atoms with Crippen molar-refractivity contribution in [3.05, 3.63) is 40.0 Å². The van der Waals surface area contributed by atoms with Crippen molar-refractivity contribution in [2.45, 2.75) is 26.2 Å². The highest BCUT2D eigenvalue weighted by molar-refractivity contribution is 6.31. The van der Waals surface area contributed by atoms with E-state index in [-0.39, 0.29) is 19.1 Å². The Bertz CT molecular complexity index is 789. The fraction of sp³-hybridized carbons (Fsp3) is 0.353. The van der Waals surface area contributed by atoms with Crippen molar-refractivity contribution >= 4 is 34.4 Å². The Kier molecular flexibility index (Phi) is 4.48. The van der Waals surface area contributed by atoms with Crippen LogP contribution in [0.5, 0.6) is 0 Å². The Morgan fingerprint density at radius 2 is 2.17 bits per heavy atom. The maximum Gasteiger partial charge on any atom is 0.325 e. The molecule has 1 aromatic carbocycles. The minimum Gasteiger partial charge on any atom is -0.465 e.